The fourth-order valence-corrected chi connectivity index (χ4v) is 1.84. The summed E-state index contributed by atoms with van der Waals surface area (Å²) in [6.07, 6.45) is 0. The van der Waals surface area contributed by atoms with E-state index in [1.54, 1.807) is 23.1 Å². The molecule has 0 radical (unpaired) electrons. The van der Waals surface area contributed by atoms with Crippen molar-refractivity contribution in [2.75, 3.05) is 20.2 Å². The molecule has 0 aliphatic heterocycles. The van der Waals surface area contributed by atoms with Crippen LogP contribution in [0, 0.1) is 0 Å². The van der Waals surface area contributed by atoms with Crippen LogP contribution in [-0.4, -0.2) is 31.0 Å². The number of rotatable bonds is 5. The van der Waals surface area contributed by atoms with Crippen LogP contribution in [0.25, 0.3) is 0 Å². The van der Waals surface area contributed by atoms with Gasteiger partial charge in [0, 0.05) is 18.1 Å². The van der Waals surface area contributed by atoms with Gasteiger partial charge in [0.1, 0.15) is 5.75 Å². The Morgan fingerprint density at radius 3 is 2.67 bits per heavy atom. The smallest absolute Gasteiger partial charge is 0.257 e. The van der Waals surface area contributed by atoms with Gasteiger partial charge in [-0.3, -0.25) is 4.79 Å². The minimum absolute atomic E-state index is 0.0974. The third-order valence-corrected chi connectivity index (χ3v) is 2.76. The number of hydrogen-bond acceptors (Lipinski definition) is 2. The molecule has 18 heavy (non-hydrogen) atoms. The van der Waals surface area contributed by atoms with Gasteiger partial charge in [-0.15, -0.1) is 0 Å². The normalized spacial score (nSPS) is 10.0. The second-order valence-electron chi connectivity index (χ2n) is 4.12. The van der Waals surface area contributed by atoms with E-state index in [9.17, 15) is 4.79 Å². The van der Waals surface area contributed by atoms with E-state index in [2.05, 4.69) is 6.58 Å². The fourth-order valence-electron chi connectivity index (χ4n) is 1.67. The van der Waals surface area contributed by atoms with Crippen molar-refractivity contribution in [2.45, 2.75) is 13.8 Å². The Morgan fingerprint density at radius 1 is 1.50 bits per heavy atom. The summed E-state index contributed by atoms with van der Waals surface area (Å²) < 4.78 is 5.19. The summed E-state index contributed by atoms with van der Waals surface area (Å²) in [6, 6.07) is 5.03. The number of hydrogen-bond donors (Lipinski definition) is 0. The molecule has 0 aliphatic carbocycles. The zero-order valence-electron chi connectivity index (χ0n) is 11.0. The second-order valence-corrected chi connectivity index (χ2v) is 4.56. The lowest BCUT2D eigenvalue weighted by atomic mass is 10.1. The van der Waals surface area contributed by atoms with Crippen LogP contribution >= 0.6 is 11.6 Å². The van der Waals surface area contributed by atoms with Crippen LogP contribution in [0.2, 0.25) is 5.02 Å². The molecule has 0 N–H and O–H groups in total. The molecule has 0 saturated carbocycles. The highest BCUT2D eigenvalue weighted by Crippen LogP contribution is 2.24. The number of likely N-dealkylation sites (N-methyl/N-ethyl adjacent to an activating group) is 1. The predicted molar refractivity (Wildman–Crippen MR) is 74.4 cm³/mol. The number of ether oxygens (including phenoxy) is 1. The van der Waals surface area contributed by atoms with Crippen LogP contribution in [0.15, 0.2) is 30.4 Å². The quantitative estimate of drug-likeness (QED) is 0.766. The summed E-state index contributed by atoms with van der Waals surface area (Å²) in [5.41, 5.74) is 1.42. The Kier molecular flexibility index (Phi) is 5.23. The van der Waals surface area contributed by atoms with Crippen molar-refractivity contribution in [1.29, 1.82) is 0 Å². The van der Waals surface area contributed by atoms with Crippen LogP contribution in [0.4, 0.5) is 0 Å². The van der Waals surface area contributed by atoms with Gasteiger partial charge in [0.25, 0.3) is 5.91 Å². The van der Waals surface area contributed by atoms with Crippen molar-refractivity contribution in [3.05, 3.63) is 40.9 Å². The molecule has 1 aromatic rings. The summed E-state index contributed by atoms with van der Waals surface area (Å²) in [4.78, 5) is 14.1. The molecule has 1 rings (SSSR count). The van der Waals surface area contributed by atoms with Crippen molar-refractivity contribution in [2.24, 2.45) is 0 Å². The molecule has 0 saturated heterocycles. The molecule has 0 atom stereocenters. The molecule has 0 aromatic heterocycles. The van der Waals surface area contributed by atoms with E-state index in [1.807, 2.05) is 13.8 Å². The number of carbonyl (C=O) groups is 1. The van der Waals surface area contributed by atoms with Gasteiger partial charge in [0.15, 0.2) is 0 Å². The Labute approximate surface area is 113 Å². The topological polar surface area (TPSA) is 29.5 Å². The fraction of sp³-hybridized carbons (Fsp3) is 0.357. The largest absolute Gasteiger partial charge is 0.496 e. The zero-order chi connectivity index (χ0) is 13.7. The molecule has 0 bridgehead atoms. The molecule has 1 amide bonds. The van der Waals surface area contributed by atoms with Gasteiger partial charge in [-0.1, -0.05) is 23.8 Å². The molecule has 0 heterocycles. The van der Waals surface area contributed by atoms with E-state index >= 15 is 0 Å². The minimum Gasteiger partial charge on any atom is -0.496 e. The van der Waals surface area contributed by atoms with Crippen LogP contribution < -0.4 is 4.74 Å². The second kappa shape index (κ2) is 6.45. The van der Waals surface area contributed by atoms with Gasteiger partial charge in [0.2, 0.25) is 0 Å². The highest BCUT2D eigenvalue weighted by molar-refractivity contribution is 6.31. The average molecular weight is 268 g/mol. The number of halogens is 1. The van der Waals surface area contributed by atoms with Crippen LogP contribution in [0.5, 0.6) is 5.75 Å². The molecule has 0 unspecified atom stereocenters. The van der Waals surface area contributed by atoms with Gasteiger partial charge in [0.05, 0.1) is 12.7 Å². The van der Waals surface area contributed by atoms with Crippen molar-refractivity contribution in [1.82, 2.24) is 4.90 Å². The molecule has 0 aliphatic rings. The average Bonchev–Trinajstić information content (AvgIpc) is 2.34. The summed E-state index contributed by atoms with van der Waals surface area (Å²) in [6.45, 7) is 8.80. The molecular formula is C14H18ClNO2. The van der Waals surface area contributed by atoms with E-state index in [0.29, 0.717) is 29.4 Å². The van der Waals surface area contributed by atoms with E-state index in [0.717, 1.165) is 5.57 Å². The first kappa shape index (κ1) is 14.6. The van der Waals surface area contributed by atoms with Gasteiger partial charge in [-0.05, 0) is 32.0 Å². The Hall–Kier alpha value is -1.48. The highest BCUT2D eigenvalue weighted by atomic mass is 35.5. The van der Waals surface area contributed by atoms with Gasteiger partial charge in [-0.2, -0.15) is 0 Å². The van der Waals surface area contributed by atoms with E-state index in [1.165, 1.54) is 7.11 Å². The van der Waals surface area contributed by atoms with Crippen LogP contribution in [0.1, 0.15) is 24.2 Å². The third kappa shape index (κ3) is 3.50. The summed E-state index contributed by atoms with van der Waals surface area (Å²) in [7, 11) is 1.54. The van der Waals surface area contributed by atoms with Crippen LogP contribution in [-0.2, 0) is 0 Å². The maximum absolute atomic E-state index is 12.4. The molecule has 98 valence electrons. The Balaban J connectivity index is 3.07. The van der Waals surface area contributed by atoms with Crippen molar-refractivity contribution >= 4 is 17.5 Å². The van der Waals surface area contributed by atoms with Crippen molar-refractivity contribution < 1.29 is 9.53 Å². The highest BCUT2D eigenvalue weighted by Gasteiger charge is 2.18. The van der Waals surface area contributed by atoms with E-state index < -0.39 is 0 Å². The third-order valence-electron chi connectivity index (χ3n) is 2.52. The lowest BCUT2D eigenvalue weighted by Crippen LogP contribution is -2.32. The number of methoxy groups -OCH3 is 1. The first-order valence-electron chi connectivity index (χ1n) is 5.76. The Morgan fingerprint density at radius 2 is 2.17 bits per heavy atom. The summed E-state index contributed by atoms with van der Waals surface area (Å²) in [5, 5.41) is 0.519. The van der Waals surface area contributed by atoms with Crippen molar-refractivity contribution in [3.63, 3.8) is 0 Å². The zero-order valence-corrected chi connectivity index (χ0v) is 11.8. The van der Waals surface area contributed by atoms with E-state index in [-0.39, 0.29) is 5.91 Å². The first-order valence-corrected chi connectivity index (χ1v) is 6.14. The van der Waals surface area contributed by atoms with Crippen molar-refractivity contribution in [3.8, 4) is 5.75 Å². The predicted octanol–water partition coefficient (Wildman–Crippen LogP) is 3.39. The number of nitrogens with zero attached hydrogens (tertiary/aromatic N) is 1. The van der Waals surface area contributed by atoms with Gasteiger partial charge < -0.3 is 9.64 Å². The van der Waals surface area contributed by atoms with E-state index in [4.69, 9.17) is 16.3 Å². The lowest BCUT2D eigenvalue weighted by Gasteiger charge is -2.22. The molecule has 0 spiro atoms. The molecule has 1 aromatic carbocycles. The van der Waals surface area contributed by atoms with Gasteiger partial charge >= 0.3 is 0 Å². The molecule has 4 heteroatoms. The first-order chi connectivity index (χ1) is 8.49. The molecular weight excluding hydrogens is 250 g/mol. The maximum atomic E-state index is 12.4. The summed E-state index contributed by atoms with van der Waals surface area (Å²) in [5.74, 6) is 0.435. The summed E-state index contributed by atoms with van der Waals surface area (Å²) >= 11 is 5.93. The SMILES string of the molecule is C=C(C)CN(CC)C(=O)c1cc(Cl)ccc1OC. The molecule has 3 nitrogen and oxygen atoms in total. The number of carbonyl (C=O) groups excluding carboxylic acids is 1. The lowest BCUT2D eigenvalue weighted by molar-refractivity contribution is 0.0775. The van der Waals surface area contributed by atoms with Gasteiger partial charge in [-0.25, -0.2) is 0 Å². The monoisotopic (exact) mass is 267 g/mol. The number of amides is 1. The Bertz CT molecular complexity index is 457. The molecule has 0 fully saturated rings. The minimum atomic E-state index is -0.0974. The standard InChI is InChI=1S/C14H18ClNO2/c1-5-16(9-10(2)3)14(17)12-8-11(15)6-7-13(12)18-4/h6-8H,2,5,9H2,1,3-4H3. The van der Waals surface area contributed by atoms with Crippen LogP contribution in [0.3, 0.4) is 0 Å². The maximum Gasteiger partial charge on any atom is 0.257 e. The number of benzene rings is 1.